The van der Waals surface area contributed by atoms with E-state index in [1.807, 2.05) is 24.3 Å². The van der Waals surface area contributed by atoms with Crippen molar-refractivity contribution in [3.8, 4) is 11.5 Å². The molecule has 3 aromatic rings. The molecule has 6 heteroatoms. The zero-order valence-corrected chi connectivity index (χ0v) is 11.0. The van der Waals surface area contributed by atoms with Crippen molar-refractivity contribution in [3.05, 3.63) is 52.4 Å². The maximum atomic E-state index is 11.3. The van der Waals surface area contributed by atoms with Crippen molar-refractivity contribution in [2.24, 2.45) is 0 Å². The highest BCUT2D eigenvalue weighted by molar-refractivity contribution is 5.78. The number of H-pyrrole nitrogens is 2. The van der Waals surface area contributed by atoms with E-state index in [2.05, 4.69) is 15.3 Å². The Morgan fingerprint density at radius 1 is 1.14 bits per heavy atom. The lowest BCUT2D eigenvalue weighted by Crippen LogP contribution is -2.11. The van der Waals surface area contributed by atoms with Crippen LogP contribution >= 0.6 is 0 Å². The summed E-state index contributed by atoms with van der Waals surface area (Å²) in [4.78, 5) is 16.7. The highest BCUT2D eigenvalue weighted by atomic mass is 16.5. The van der Waals surface area contributed by atoms with Gasteiger partial charge in [0, 0.05) is 17.3 Å². The van der Waals surface area contributed by atoms with Crippen LogP contribution in [-0.2, 0) is 0 Å². The zero-order chi connectivity index (χ0) is 14.4. The predicted octanol–water partition coefficient (Wildman–Crippen LogP) is 2.11. The molecule has 6 nitrogen and oxygen atoms in total. The molecule has 1 aromatic heterocycles. The summed E-state index contributed by atoms with van der Waals surface area (Å²) in [5, 5.41) is 12.8. The number of benzene rings is 2. The second kappa shape index (κ2) is 4.31. The number of aromatic nitrogens is 2. The number of imidazole rings is 1. The lowest BCUT2D eigenvalue weighted by molar-refractivity contribution is 0.338. The Labute approximate surface area is 119 Å². The summed E-state index contributed by atoms with van der Waals surface area (Å²) in [6, 6.07) is 10.8. The molecular formula is C15H13N3O3. The number of ether oxygens (including phenoxy) is 1. The molecular weight excluding hydrogens is 270 g/mol. The largest absolute Gasteiger partial charge is 0.508 e. The van der Waals surface area contributed by atoms with Gasteiger partial charge in [-0.1, -0.05) is 0 Å². The summed E-state index contributed by atoms with van der Waals surface area (Å²) in [6.07, 6.45) is 0. The number of phenols is 1. The van der Waals surface area contributed by atoms with E-state index in [0.717, 1.165) is 22.3 Å². The van der Waals surface area contributed by atoms with Gasteiger partial charge in [-0.15, -0.1) is 0 Å². The molecule has 4 rings (SSSR count). The maximum absolute atomic E-state index is 11.3. The van der Waals surface area contributed by atoms with E-state index in [0.29, 0.717) is 12.4 Å². The van der Waals surface area contributed by atoms with Crippen LogP contribution in [0, 0.1) is 0 Å². The normalized spacial score (nSPS) is 16.7. The Morgan fingerprint density at radius 2 is 2.00 bits per heavy atom. The molecule has 1 aliphatic heterocycles. The number of aromatic amines is 2. The number of rotatable bonds is 2. The van der Waals surface area contributed by atoms with E-state index in [9.17, 15) is 9.90 Å². The Bertz CT molecular complexity index is 881. The van der Waals surface area contributed by atoms with Crippen LogP contribution < -0.4 is 15.7 Å². The van der Waals surface area contributed by atoms with E-state index in [-0.39, 0.29) is 17.5 Å². The summed E-state index contributed by atoms with van der Waals surface area (Å²) >= 11 is 0. The molecule has 2 aromatic carbocycles. The standard InChI is InChI=1S/C15H13N3O3/c19-9-2-3-10-13(7-21-14(10)6-9)16-8-1-4-11-12(5-8)18-15(20)17-11/h1-6,13,16,19H,7H2,(H2,17,18,20). The van der Waals surface area contributed by atoms with Gasteiger partial charge < -0.3 is 25.1 Å². The summed E-state index contributed by atoms with van der Waals surface area (Å²) < 4.78 is 5.57. The van der Waals surface area contributed by atoms with Crippen molar-refractivity contribution >= 4 is 16.7 Å². The quantitative estimate of drug-likeness (QED) is 0.580. The van der Waals surface area contributed by atoms with Crippen molar-refractivity contribution < 1.29 is 9.84 Å². The monoisotopic (exact) mass is 283 g/mol. The topological polar surface area (TPSA) is 90.1 Å². The Balaban J connectivity index is 1.65. The van der Waals surface area contributed by atoms with Crippen LogP contribution in [-0.4, -0.2) is 21.7 Å². The van der Waals surface area contributed by atoms with Crippen LogP contribution in [0.1, 0.15) is 11.6 Å². The number of hydrogen-bond donors (Lipinski definition) is 4. The predicted molar refractivity (Wildman–Crippen MR) is 78.9 cm³/mol. The minimum absolute atomic E-state index is 0.0173. The maximum Gasteiger partial charge on any atom is 0.323 e. The third-order valence-corrected chi connectivity index (χ3v) is 3.63. The van der Waals surface area contributed by atoms with E-state index in [1.165, 1.54) is 0 Å². The van der Waals surface area contributed by atoms with Gasteiger partial charge in [-0.2, -0.15) is 0 Å². The summed E-state index contributed by atoms with van der Waals surface area (Å²) in [7, 11) is 0. The summed E-state index contributed by atoms with van der Waals surface area (Å²) in [5.74, 6) is 0.893. The number of phenolic OH excluding ortho intramolecular Hbond substituents is 1. The first-order chi connectivity index (χ1) is 10.2. The summed E-state index contributed by atoms with van der Waals surface area (Å²) in [6.45, 7) is 0.500. The van der Waals surface area contributed by atoms with Crippen LogP contribution in [0.4, 0.5) is 5.69 Å². The van der Waals surface area contributed by atoms with E-state index in [4.69, 9.17) is 4.74 Å². The number of fused-ring (bicyclic) bond motifs is 2. The number of anilines is 1. The minimum Gasteiger partial charge on any atom is -0.508 e. The van der Waals surface area contributed by atoms with Gasteiger partial charge in [0.25, 0.3) is 0 Å². The first-order valence-corrected chi connectivity index (χ1v) is 6.63. The number of aromatic hydroxyl groups is 1. The van der Waals surface area contributed by atoms with Gasteiger partial charge in [-0.3, -0.25) is 0 Å². The smallest absolute Gasteiger partial charge is 0.323 e. The van der Waals surface area contributed by atoms with E-state index in [1.54, 1.807) is 12.1 Å². The Kier molecular flexibility index (Phi) is 2.44. The molecule has 0 amide bonds. The summed E-state index contributed by atoms with van der Waals surface area (Å²) in [5.41, 5.74) is 3.23. The van der Waals surface area contributed by atoms with E-state index < -0.39 is 0 Å². The van der Waals surface area contributed by atoms with Gasteiger partial charge in [0.2, 0.25) is 0 Å². The molecule has 0 aliphatic carbocycles. The molecule has 1 unspecified atom stereocenters. The average molecular weight is 283 g/mol. The Hall–Kier alpha value is -2.89. The number of hydrogen-bond acceptors (Lipinski definition) is 4. The highest BCUT2D eigenvalue weighted by Crippen LogP contribution is 2.36. The molecule has 0 saturated carbocycles. The first-order valence-electron chi connectivity index (χ1n) is 6.63. The SMILES string of the molecule is O=c1[nH]c2ccc(NC3COc4cc(O)ccc43)cc2[nH]1. The lowest BCUT2D eigenvalue weighted by Gasteiger charge is -2.13. The fourth-order valence-electron chi connectivity index (χ4n) is 2.64. The zero-order valence-electron chi connectivity index (χ0n) is 11.0. The molecule has 1 atom stereocenters. The van der Waals surface area contributed by atoms with E-state index >= 15 is 0 Å². The molecule has 0 bridgehead atoms. The van der Waals surface area contributed by atoms with Gasteiger partial charge >= 0.3 is 5.69 Å². The third kappa shape index (κ3) is 2.01. The fraction of sp³-hybridized carbons (Fsp3) is 0.133. The van der Waals surface area contributed by atoms with Crippen molar-refractivity contribution in [3.63, 3.8) is 0 Å². The van der Waals surface area contributed by atoms with Crippen LogP contribution in [0.15, 0.2) is 41.2 Å². The Morgan fingerprint density at radius 3 is 2.90 bits per heavy atom. The van der Waals surface area contributed by atoms with Crippen LogP contribution in [0.3, 0.4) is 0 Å². The van der Waals surface area contributed by atoms with Crippen LogP contribution in [0.2, 0.25) is 0 Å². The molecule has 1 aliphatic rings. The van der Waals surface area contributed by atoms with Gasteiger partial charge in [0.15, 0.2) is 0 Å². The molecule has 2 heterocycles. The van der Waals surface area contributed by atoms with Crippen molar-refractivity contribution in [2.45, 2.75) is 6.04 Å². The molecule has 0 spiro atoms. The van der Waals surface area contributed by atoms with Crippen LogP contribution in [0.25, 0.3) is 11.0 Å². The average Bonchev–Trinajstić information content (AvgIpc) is 3.01. The molecule has 0 fully saturated rings. The molecule has 106 valence electrons. The van der Waals surface area contributed by atoms with Crippen molar-refractivity contribution in [1.29, 1.82) is 0 Å². The lowest BCUT2D eigenvalue weighted by atomic mass is 10.1. The highest BCUT2D eigenvalue weighted by Gasteiger charge is 2.24. The molecule has 0 radical (unpaired) electrons. The van der Waals surface area contributed by atoms with Crippen molar-refractivity contribution in [2.75, 3.05) is 11.9 Å². The molecule has 21 heavy (non-hydrogen) atoms. The van der Waals surface area contributed by atoms with Gasteiger partial charge in [0.1, 0.15) is 18.1 Å². The van der Waals surface area contributed by atoms with Gasteiger partial charge in [-0.25, -0.2) is 4.79 Å². The van der Waals surface area contributed by atoms with Gasteiger partial charge in [0.05, 0.1) is 17.1 Å². The van der Waals surface area contributed by atoms with Crippen LogP contribution in [0.5, 0.6) is 11.5 Å². The minimum atomic E-state index is -0.216. The third-order valence-electron chi connectivity index (χ3n) is 3.63. The van der Waals surface area contributed by atoms with Crippen molar-refractivity contribution in [1.82, 2.24) is 9.97 Å². The molecule has 0 saturated heterocycles. The fourth-order valence-corrected chi connectivity index (χ4v) is 2.64. The molecule has 4 N–H and O–H groups in total. The second-order valence-electron chi connectivity index (χ2n) is 5.07. The number of nitrogens with one attached hydrogen (secondary N) is 3. The first kappa shape index (κ1) is 11.9. The van der Waals surface area contributed by atoms with Gasteiger partial charge in [-0.05, 0) is 30.3 Å². The second-order valence-corrected chi connectivity index (χ2v) is 5.07.